The lowest BCUT2D eigenvalue weighted by Crippen LogP contribution is -2.43. The Balaban J connectivity index is 2.59. The highest BCUT2D eigenvalue weighted by atomic mass is 79.9. The number of amides is 1. The lowest BCUT2D eigenvalue weighted by molar-refractivity contribution is -0.138. The maximum absolute atomic E-state index is 12.3. The van der Waals surface area contributed by atoms with Crippen LogP contribution >= 0.6 is 15.9 Å². The molecule has 1 heterocycles. The van der Waals surface area contributed by atoms with Crippen LogP contribution in [0.25, 0.3) is 0 Å². The Morgan fingerprint density at radius 3 is 2.69 bits per heavy atom. The molecule has 0 saturated carbocycles. The molecule has 1 fully saturated rings. The van der Waals surface area contributed by atoms with Crippen molar-refractivity contribution in [1.29, 1.82) is 0 Å². The molecule has 94 valence electrons. The van der Waals surface area contributed by atoms with E-state index in [9.17, 15) is 4.79 Å². The summed E-state index contributed by atoms with van der Waals surface area (Å²) in [5.74, 6) is 0.332. The van der Waals surface area contributed by atoms with Crippen molar-refractivity contribution >= 4 is 21.8 Å². The van der Waals surface area contributed by atoms with Gasteiger partial charge in [0.25, 0.3) is 0 Å². The van der Waals surface area contributed by atoms with Gasteiger partial charge >= 0.3 is 0 Å². The molecule has 3 nitrogen and oxygen atoms in total. The summed E-state index contributed by atoms with van der Waals surface area (Å²) in [6.45, 7) is 7.71. The molecule has 2 unspecified atom stereocenters. The van der Waals surface area contributed by atoms with Crippen molar-refractivity contribution in [3.63, 3.8) is 0 Å². The van der Waals surface area contributed by atoms with E-state index >= 15 is 0 Å². The lowest BCUT2D eigenvalue weighted by atomic mass is 10.00. The second kappa shape index (κ2) is 6.60. The molecule has 0 radical (unpaired) electrons. The molecule has 0 N–H and O–H groups in total. The smallest absolute Gasteiger partial charge is 0.228 e. The summed E-state index contributed by atoms with van der Waals surface area (Å²) in [5, 5.41) is 0.945. The van der Waals surface area contributed by atoms with Gasteiger partial charge in [0.05, 0.1) is 12.0 Å². The molecule has 0 aliphatic carbocycles. The molecule has 0 aromatic rings. The molecule has 0 aromatic heterocycles. The highest BCUT2D eigenvalue weighted by Crippen LogP contribution is 2.23. The zero-order valence-corrected chi connectivity index (χ0v) is 12.0. The first-order chi connectivity index (χ1) is 7.57. The standard InChI is InChI=1S/C12H22BrNO2/c1-9(2)14(7-4-6-13)12(15)11-5-8-16-10(11)3/h9-11H,4-8H2,1-3H3. The maximum atomic E-state index is 12.3. The third-order valence-electron chi connectivity index (χ3n) is 3.13. The van der Waals surface area contributed by atoms with Crippen molar-refractivity contribution in [2.45, 2.75) is 45.8 Å². The van der Waals surface area contributed by atoms with Gasteiger partial charge in [0.1, 0.15) is 0 Å². The third-order valence-corrected chi connectivity index (χ3v) is 3.69. The molecular weight excluding hydrogens is 270 g/mol. The van der Waals surface area contributed by atoms with Gasteiger partial charge in [-0.1, -0.05) is 15.9 Å². The van der Waals surface area contributed by atoms with Gasteiger partial charge in [0.15, 0.2) is 0 Å². The van der Waals surface area contributed by atoms with Crippen molar-refractivity contribution < 1.29 is 9.53 Å². The summed E-state index contributed by atoms with van der Waals surface area (Å²) in [4.78, 5) is 14.3. The van der Waals surface area contributed by atoms with Crippen molar-refractivity contribution in [2.75, 3.05) is 18.5 Å². The van der Waals surface area contributed by atoms with Gasteiger partial charge < -0.3 is 9.64 Å². The quantitative estimate of drug-likeness (QED) is 0.728. The number of alkyl halides is 1. The Kier molecular flexibility index (Phi) is 5.76. The zero-order valence-electron chi connectivity index (χ0n) is 10.4. The van der Waals surface area contributed by atoms with Gasteiger partial charge in [-0.15, -0.1) is 0 Å². The third kappa shape index (κ3) is 3.45. The van der Waals surface area contributed by atoms with Crippen molar-refractivity contribution in [3.8, 4) is 0 Å². The Morgan fingerprint density at radius 2 is 2.25 bits per heavy atom. The highest BCUT2D eigenvalue weighted by Gasteiger charge is 2.34. The number of carbonyl (C=O) groups excluding carboxylic acids is 1. The Bertz CT molecular complexity index is 233. The molecule has 16 heavy (non-hydrogen) atoms. The molecule has 1 aliphatic heterocycles. The van der Waals surface area contributed by atoms with Crippen LogP contribution in [0.5, 0.6) is 0 Å². The Labute approximate surface area is 107 Å². The van der Waals surface area contributed by atoms with Crippen LogP contribution in [0.3, 0.4) is 0 Å². The molecule has 4 heteroatoms. The largest absolute Gasteiger partial charge is 0.378 e. The predicted molar refractivity (Wildman–Crippen MR) is 68.8 cm³/mol. The zero-order chi connectivity index (χ0) is 12.1. The summed E-state index contributed by atoms with van der Waals surface area (Å²) in [6.07, 6.45) is 1.96. The average Bonchev–Trinajstić information content (AvgIpc) is 2.64. The van der Waals surface area contributed by atoms with Crippen LogP contribution in [-0.2, 0) is 9.53 Å². The van der Waals surface area contributed by atoms with Crippen LogP contribution in [0.15, 0.2) is 0 Å². The molecule has 1 rings (SSSR count). The summed E-state index contributed by atoms with van der Waals surface area (Å²) in [7, 11) is 0. The van der Waals surface area contributed by atoms with E-state index < -0.39 is 0 Å². The van der Waals surface area contributed by atoms with Gasteiger partial charge in [-0.2, -0.15) is 0 Å². The fourth-order valence-corrected chi connectivity index (χ4v) is 2.37. The van der Waals surface area contributed by atoms with Crippen LogP contribution in [0.4, 0.5) is 0 Å². The van der Waals surface area contributed by atoms with E-state index in [2.05, 4.69) is 29.8 Å². The number of halogens is 1. The van der Waals surface area contributed by atoms with Crippen LogP contribution < -0.4 is 0 Å². The topological polar surface area (TPSA) is 29.5 Å². The highest BCUT2D eigenvalue weighted by molar-refractivity contribution is 9.09. The van der Waals surface area contributed by atoms with Gasteiger partial charge in [-0.05, 0) is 33.6 Å². The molecule has 1 saturated heterocycles. The van der Waals surface area contributed by atoms with Crippen LogP contribution in [0.2, 0.25) is 0 Å². The van der Waals surface area contributed by atoms with Gasteiger partial charge in [-0.3, -0.25) is 4.79 Å². The minimum atomic E-state index is 0.0673. The summed E-state index contributed by atoms with van der Waals surface area (Å²) in [5.41, 5.74) is 0. The van der Waals surface area contributed by atoms with Crippen LogP contribution in [0.1, 0.15) is 33.6 Å². The number of ether oxygens (including phenoxy) is 1. The van der Waals surface area contributed by atoms with Crippen molar-refractivity contribution in [1.82, 2.24) is 4.90 Å². The molecule has 0 bridgehead atoms. The first-order valence-electron chi connectivity index (χ1n) is 6.06. The summed E-state index contributed by atoms with van der Waals surface area (Å²) in [6, 6.07) is 0.277. The monoisotopic (exact) mass is 291 g/mol. The average molecular weight is 292 g/mol. The van der Waals surface area contributed by atoms with Crippen LogP contribution in [-0.4, -0.2) is 41.4 Å². The summed E-state index contributed by atoms with van der Waals surface area (Å²) >= 11 is 3.41. The van der Waals surface area contributed by atoms with E-state index in [4.69, 9.17) is 4.74 Å². The van der Waals surface area contributed by atoms with Crippen LogP contribution in [0, 0.1) is 5.92 Å². The second-order valence-corrected chi connectivity index (χ2v) is 5.43. The molecule has 2 atom stereocenters. The molecule has 0 aromatic carbocycles. The lowest BCUT2D eigenvalue weighted by Gasteiger charge is -2.30. The number of hydrogen-bond acceptors (Lipinski definition) is 2. The first kappa shape index (κ1) is 14.0. The van der Waals surface area contributed by atoms with Gasteiger partial charge in [0, 0.05) is 24.5 Å². The van der Waals surface area contributed by atoms with E-state index in [0.717, 1.165) is 31.3 Å². The van der Waals surface area contributed by atoms with E-state index in [1.54, 1.807) is 0 Å². The number of hydrogen-bond donors (Lipinski definition) is 0. The number of rotatable bonds is 5. The van der Waals surface area contributed by atoms with E-state index in [0.29, 0.717) is 0 Å². The fraction of sp³-hybridized carbons (Fsp3) is 0.917. The van der Waals surface area contributed by atoms with E-state index in [1.165, 1.54) is 0 Å². The Hall–Kier alpha value is -0.0900. The van der Waals surface area contributed by atoms with Gasteiger partial charge in [0.2, 0.25) is 5.91 Å². The van der Waals surface area contributed by atoms with E-state index in [-0.39, 0.29) is 24.0 Å². The summed E-state index contributed by atoms with van der Waals surface area (Å²) < 4.78 is 5.46. The number of nitrogens with zero attached hydrogens (tertiary/aromatic N) is 1. The maximum Gasteiger partial charge on any atom is 0.228 e. The number of carbonyl (C=O) groups is 1. The fourth-order valence-electron chi connectivity index (χ4n) is 2.12. The minimum Gasteiger partial charge on any atom is -0.378 e. The normalized spacial score (nSPS) is 25.1. The first-order valence-corrected chi connectivity index (χ1v) is 7.18. The molecule has 1 amide bonds. The molecule has 1 aliphatic rings. The van der Waals surface area contributed by atoms with E-state index in [1.807, 2.05) is 11.8 Å². The predicted octanol–water partition coefficient (Wildman–Crippen LogP) is 2.43. The molecule has 0 spiro atoms. The second-order valence-electron chi connectivity index (χ2n) is 4.64. The minimum absolute atomic E-state index is 0.0673. The SMILES string of the molecule is CC1OCCC1C(=O)N(CCCBr)C(C)C. The Morgan fingerprint density at radius 1 is 1.56 bits per heavy atom. The van der Waals surface area contributed by atoms with Crippen molar-refractivity contribution in [3.05, 3.63) is 0 Å². The van der Waals surface area contributed by atoms with Crippen molar-refractivity contribution in [2.24, 2.45) is 5.92 Å². The molecular formula is C12H22BrNO2. The van der Waals surface area contributed by atoms with Gasteiger partial charge in [-0.25, -0.2) is 0 Å².